The number of rotatable bonds is 3. The summed E-state index contributed by atoms with van der Waals surface area (Å²) in [6, 6.07) is 0.295. The van der Waals surface area contributed by atoms with Crippen LogP contribution in [0.3, 0.4) is 0 Å². The highest BCUT2D eigenvalue weighted by Crippen LogP contribution is 1.91. The molecule has 0 aliphatic rings. The smallest absolute Gasteiger partial charge is 0.302 e. The number of esters is 1. The molecule has 0 rings (SSSR count). The number of hydrogen-bond acceptors (Lipinski definition) is 3. The molecule has 0 heterocycles. The highest BCUT2D eigenvalue weighted by Gasteiger charge is 2.04. The predicted octanol–water partition coefficient (Wildman–Crippen LogP) is 0.500. The molecule has 60 valence electrons. The molecule has 0 spiro atoms. The Morgan fingerprint density at radius 2 is 2.10 bits per heavy atom. The van der Waals surface area contributed by atoms with Crippen LogP contribution in [0.15, 0.2) is 0 Å². The molecule has 1 atom stereocenters. The molecule has 0 aromatic rings. The second kappa shape index (κ2) is 4.28. The van der Waals surface area contributed by atoms with Gasteiger partial charge >= 0.3 is 5.97 Å². The van der Waals surface area contributed by atoms with Gasteiger partial charge in [-0.25, -0.2) is 0 Å². The van der Waals surface area contributed by atoms with Crippen molar-refractivity contribution >= 4 is 5.97 Å². The summed E-state index contributed by atoms with van der Waals surface area (Å²) in [6.45, 7) is 3.90. The van der Waals surface area contributed by atoms with Crippen LogP contribution in [-0.4, -0.2) is 37.6 Å². The molecule has 3 heteroatoms. The topological polar surface area (TPSA) is 29.5 Å². The molecule has 0 radical (unpaired) electrons. The summed E-state index contributed by atoms with van der Waals surface area (Å²) in [7, 11) is 3.91. The second-order valence-corrected chi connectivity index (χ2v) is 2.62. The monoisotopic (exact) mass is 145 g/mol. The summed E-state index contributed by atoms with van der Waals surface area (Å²) >= 11 is 0. The van der Waals surface area contributed by atoms with Gasteiger partial charge in [0.15, 0.2) is 0 Å². The van der Waals surface area contributed by atoms with Gasteiger partial charge in [0.05, 0.1) is 0 Å². The molecular weight excluding hydrogens is 130 g/mol. The maximum absolute atomic E-state index is 10.3. The molecule has 3 nitrogen and oxygen atoms in total. The van der Waals surface area contributed by atoms with E-state index in [0.29, 0.717) is 12.6 Å². The largest absolute Gasteiger partial charge is 0.464 e. The zero-order valence-corrected chi connectivity index (χ0v) is 7.05. The Labute approximate surface area is 62.0 Å². The fraction of sp³-hybridized carbons (Fsp3) is 0.857. The van der Waals surface area contributed by atoms with Crippen LogP contribution >= 0.6 is 0 Å². The highest BCUT2D eigenvalue weighted by molar-refractivity contribution is 5.65. The van der Waals surface area contributed by atoms with Gasteiger partial charge in [0.25, 0.3) is 0 Å². The number of nitrogens with zero attached hydrogens (tertiary/aromatic N) is 1. The van der Waals surface area contributed by atoms with Crippen LogP contribution in [0.5, 0.6) is 0 Å². The van der Waals surface area contributed by atoms with Gasteiger partial charge in [-0.15, -0.1) is 0 Å². The molecule has 0 amide bonds. The van der Waals surface area contributed by atoms with E-state index in [1.54, 1.807) is 0 Å². The van der Waals surface area contributed by atoms with Crippen LogP contribution in [-0.2, 0) is 9.53 Å². The van der Waals surface area contributed by atoms with E-state index in [4.69, 9.17) is 4.74 Å². The molecule has 0 aliphatic heterocycles. The van der Waals surface area contributed by atoms with E-state index in [1.165, 1.54) is 6.92 Å². The van der Waals surface area contributed by atoms with Gasteiger partial charge in [0, 0.05) is 13.0 Å². The summed E-state index contributed by atoms with van der Waals surface area (Å²) < 4.78 is 4.78. The first kappa shape index (κ1) is 9.43. The maximum Gasteiger partial charge on any atom is 0.302 e. The van der Waals surface area contributed by atoms with Gasteiger partial charge in [0.1, 0.15) is 6.61 Å². The van der Waals surface area contributed by atoms with Crippen molar-refractivity contribution in [2.24, 2.45) is 0 Å². The Morgan fingerprint density at radius 3 is 2.40 bits per heavy atom. The molecular formula is C7H15NO2. The van der Waals surface area contributed by atoms with Crippen molar-refractivity contribution in [3.8, 4) is 0 Å². The third-order valence-corrected chi connectivity index (χ3v) is 1.41. The standard InChI is InChI=1S/C7H15NO2/c1-6(8(3)4)5-10-7(2)9/h6H,5H2,1-4H3. The average Bonchev–Trinajstić information content (AvgIpc) is 1.82. The van der Waals surface area contributed by atoms with E-state index in [2.05, 4.69) is 0 Å². The predicted molar refractivity (Wildman–Crippen MR) is 39.8 cm³/mol. The van der Waals surface area contributed by atoms with Gasteiger partial charge < -0.3 is 9.64 Å². The Hall–Kier alpha value is -0.570. The molecule has 0 aromatic carbocycles. The fourth-order valence-electron chi connectivity index (χ4n) is 0.387. The van der Waals surface area contributed by atoms with E-state index in [1.807, 2.05) is 25.9 Å². The van der Waals surface area contributed by atoms with Crippen molar-refractivity contribution in [1.29, 1.82) is 0 Å². The third kappa shape index (κ3) is 4.32. The molecule has 0 N–H and O–H groups in total. The van der Waals surface area contributed by atoms with Crippen LogP contribution in [0.2, 0.25) is 0 Å². The summed E-state index contributed by atoms with van der Waals surface area (Å²) in [6.07, 6.45) is 0. The lowest BCUT2D eigenvalue weighted by Crippen LogP contribution is -2.29. The quantitative estimate of drug-likeness (QED) is 0.542. The molecule has 0 fully saturated rings. The SMILES string of the molecule is CC(=O)OCC(C)N(C)C. The molecule has 0 aromatic heterocycles. The van der Waals surface area contributed by atoms with Crippen molar-refractivity contribution < 1.29 is 9.53 Å². The molecule has 0 aliphatic carbocycles. The minimum atomic E-state index is -0.214. The Kier molecular flexibility index (Phi) is 4.03. The van der Waals surface area contributed by atoms with Crippen molar-refractivity contribution in [1.82, 2.24) is 4.90 Å². The van der Waals surface area contributed by atoms with Crippen LogP contribution in [0.25, 0.3) is 0 Å². The Balaban J connectivity index is 3.39. The minimum Gasteiger partial charge on any atom is -0.464 e. The highest BCUT2D eigenvalue weighted by atomic mass is 16.5. The van der Waals surface area contributed by atoms with E-state index in [0.717, 1.165) is 0 Å². The van der Waals surface area contributed by atoms with E-state index >= 15 is 0 Å². The van der Waals surface area contributed by atoms with Crippen molar-refractivity contribution in [3.05, 3.63) is 0 Å². The van der Waals surface area contributed by atoms with Crippen LogP contribution in [0.4, 0.5) is 0 Å². The van der Waals surface area contributed by atoms with Crippen LogP contribution < -0.4 is 0 Å². The zero-order valence-electron chi connectivity index (χ0n) is 7.05. The number of hydrogen-bond donors (Lipinski definition) is 0. The number of ether oxygens (including phenoxy) is 1. The van der Waals surface area contributed by atoms with E-state index in [-0.39, 0.29) is 5.97 Å². The number of carbonyl (C=O) groups excluding carboxylic acids is 1. The lowest BCUT2D eigenvalue weighted by Gasteiger charge is -2.18. The first-order chi connectivity index (χ1) is 4.54. The van der Waals surface area contributed by atoms with Gasteiger partial charge in [-0.1, -0.05) is 0 Å². The van der Waals surface area contributed by atoms with Crippen LogP contribution in [0, 0.1) is 0 Å². The summed E-state index contributed by atoms with van der Waals surface area (Å²) in [5.74, 6) is -0.214. The van der Waals surface area contributed by atoms with Gasteiger partial charge in [-0.05, 0) is 21.0 Å². The lowest BCUT2D eigenvalue weighted by molar-refractivity contribution is -0.142. The molecule has 0 bridgehead atoms. The molecule has 0 saturated heterocycles. The lowest BCUT2D eigenvalue weighted by atomic mass is 10.3. The summed E-state index contributed by atoms with van der Waals surface area (Å²) in [4.78, 5) is 12.3. The van der Waals surface area contributed by atoms with Gasteiger partial charge in [-0.2, -0.15) is 0 Å². The number of likely N-dealkylation sites (N-methyl/N-ethyl adjacent to an activating group) is 1. The van der Waals surface area contributed by atoms with Crippen molar-refractivity contribution in [3.63, 3.8) is 0 Å². The maximum atomic E-state index is 10.3. The third-order valence-electron chi connectivity index (χ3n) is 1.41. The molecule has 0 saturated carbocycles. The first-order valence-electron chi connectivity index (χ1n) is 3.34. The van der Waals surface area contributed by atoms with Gasteiger partial charge in [-0.3, -0.25) is 4.79 Å². The molecule has 10 heavy (non-hydrogen) atoms. The zero-order chi connectivity index (χ0) is 8.15. The van der Waals surface area contributed by atoms with Gasteiger partial charge in [0.2, 0.25) is 0 Å². The van der Waals surface area contributed by atoms with E-state index < -0.39 is 0 Å². The van der Waals surface area contributed by atoms with Crippen molar-refractivity contribution in [2.75, 3.05) is 20.7 Å². The molecule has 1 unspecified atom stereocenters. The minimum absolute atomic E-state index is 0.214. The fourth-order valence-corrected chi connectivity index (χ4v) is 0.387. The summed E-state index contributed by atoms with van der Waals surface area (Å²) in [5, 5.41) is 0. The van der Waals surface area contributed by atoms with Crippen molar-refractivity contribution in [2.45, 2.75) is 19.9 Å². The second-order valence-electron chi connectivity index (χ2n) is 2.62. The van der Waals surface area contributed by atoms with Crippen LogP contribution in [0.1, 0.15) is 13.8 Å². The van der Waals surface area contributed by atoms with E-state index in [9.17, 15) is 4.79 Å². The average molecular weight is 145 g/mol. The summed E-state index contributed by atoms with van der Waals surface area (Å²) in [5.41, 5.74) is 0. The Morgan fingerprint density at radius 1 is 1.60 bits per heavy atom. The first-order valence-corrected chi connectivity index (χ1v) is 3.34. The normalized spacial score (nSPS) is 13.3. The Bertz CT molecular complexity index is 112. The number of carbonyl (C=O) groups is 1.